The van der Waals surface area contributed by atoms with E-state index in [1.807, 2.05) is 45.1 Å². The minimum absolute atomic E-state index is 0.151. The number of hydrogen-bond acceptors (Lipinski definition) is 3. The quantitative estimate of drug-likeness (QED) is 0.782. The van der Waals surface area contributed by atoms with E-state index in [1.165, 1.54) is 0 Å². The number of aromatic hydroxyl groups is 2. The number of fused-ring (bicyclic) bond motifs is 1. The number of ether oxygens (including phenoxy) is 1. The normalized spacial score (nSPS) is 14.3. The van der Waals surface area contributed by atoms with E-state index in [0.29, 0.717) is 17.1 Å². The van der Waals surface area contributed by atoms with Crippen molar-refractivity contribution in [3.63, 3.8) is 0 Å². The second kappa shape index (κ2) is 6.85. The van der Waals surface area contributed by atoms with E-state index < -0.39 is 0 Å². The van der Waals surface area contributed by atoms with Crippen molar-refractivity contribution in [2.24, 2.45) is 0 Å². The van der Waals surface area contributed by atoms with Gasteiger partial charge in [-0.15, -0.1) is 0 Å². The first kappa shape index (κ1) is 15.7. The van der Waals surface area contributed by atoms with Crippen molar-refractivity contribution < 1.29 is 14.9 Å². The van der Waals surface area contributed by atoms with Crippen LogP contribution < -0.4 is 4.74 Å². The first-order valence-corrected chi connectivity index (χ1v) is 7.36. The van der Waals surface area contributed by atoms with Crippen molar-refractivity contribution in [2.45, 2.75) is 20.8 Å². The third kappa shape index (κ3) is 2.98. The summed E-state index contributed by atoms with van der Waals surface area (Å²) in [5.74, 6) is 1.46. The zero-order chi connectivity index (χ0) is 16.1. The molecule has 2 aromatic rings. The first-order valence-electron chi connectivity index (χ1n) is 7.36. The molecule has 0 aliphatic carbocycles. The van der Waals surface area contributed by atoms with Crippen LogP contribution in [0.2, 0.25) is 0 Å². The maximum absolute atomic E-state index is 9.93. The Bertz CT molecular complexity index is 727. The molecular formula is C19H20O3. The third-order valence-electron chi connectivity index (χ3n) is 3.26. The first-order chi connectivity index (χ1) is 10.7. The molecule has 0 atom stereocenters. The van der Waals surface area contributed by atoms with Crippen LogP contribution in [-0.4, -0.2) is 10.2 Å². The maximum Gasteiger partial charge on any atom is 0.139 e. The Morgan fingerprint density at radius 2 is 1.68 bits per heavy atom. The van der Waals surface area contributed by atoms with Crippen molar-refractivity contribution in [2.75, 3.05) is 0 Å². The minimum Gasteiger partial charge on any atom is -0.508 e. The monoisotopic (exact) mass is 296 g/mol. The van der Waals surface area contributed by atoms with Gasteiger partial charge in [0.2, 0.25) is 0 Å². The van der Waals surface area contributed by atoms with E-state index >= 15 is 0 Å². The summed E-state index contributed by atoms with van der Waals surface area (Å²) in [5, 5.41) is 19.5. The standard InChI is InChI=1S/C17H14O3.C2H6/c1-2-11-9-16(14-5-3-4-6-15(14)19)20-17-10-12(18)7-8-13(11)17;1-2/h2-10,18-19H,1H3;1-2H3/b11-2-;. The lowest BCUT2D eigenvalue weighted by molar-refractivity contribution is 0.453. The van der Waals surface area contributed by atoms with Crippen LogP contribution in [0.3, 0.4) is 0 Å². The summed E-state index contributed by atoms with van der Waals surface area (Å²) < 4.78 is 5.81. The van der Waals surface area contributed by atoms with E-state index in [1.54, 1.807) is 30.3 Å². The van der Waals surface area contributed by atoms with Crippen LogP contribution in [0, 0.1) is 0 Å². The van der Waals surface area contributed by atoms with Gasteiger partial charge in [0.05, 0.1) is 5.56 Å². The van der Waals surface area contributed by atoms with Crippen LogP contribution in [-0.2, 0) is 0 Å². The van der Waals surface area contributed by atoms with Gasteiger partial charge in [0, 0.05) is 11.6 Å². The van der Waals surface area contributed by atoms with Gasteiger partial charge in [0.15, 0.2) is 0 Å². The molecule has 22 heavy (non-hydrogen) atoms. The average Bonchev–Trinajstić information content (AvgIpc) is 2.55. The van der Waals surface area contributed by atoms with E-state index in [0.717, 1.165) is 11.1 Å². The summed E-state index contributed by atoms with van der Waals surface area (Å²) >= 11 is 0. The van der Waals surface area contributed by atoms with Gasteiger partial charge in [-0.3, -0.25) is 0 Å². The Kier molecular flexibility index (Phi) is 4.89. The molecule has 0 spiro atoms. The molecule has 3 heteroatoms. The molecule has 2 aromatic carbocycles. The Labute approximate surface area is 130 Å². The van der Waals surface area contributed by atoms with Gasteiger partial charge in [0.25, 0.3) is 0 Å². The molecular weight excluding hydrogens is 276 g/mol. The van der Waals surface area contributed by atoms with Crippen molar-refractivity contribution in [1.82, 2.24) is 0 Å². The molecule has 0 amide bonds. The molecule has 114 valence electrons. The topological polar surface area (TPSA) is 49.7 Å². The number of phenols is 2. The fraction of sp³-hybridized carbons (Fsp3) is 0.158. The van der Waals surface area contributed by atoms with Crippen LogP contribution in [0.25, 0.3) is 11.3 Å². The van der Waals surface area contributed by atoms with Gasteiger partial charge in [-0.2, -0.15) is 0 Å². The van der Waals surface area contributed by atoms with Crippen LogP contribution in [0.4, 0.5) is 0 Å². The Hall–Kier alpha value is -2.68. The summed E-state index contributed by atoms with van der Waals surface area (Å²) in [4.78, 5) is 0. The lowest BCUT2D eigenvalue weighted by atomic mass is 9.99. The number of hydrogen-bond donors (Lipinski definition) is 2. The van der Waals surface area contributed by atoms with Crippen LogP contribution >= 0.6 is 0 Å². The summed E-state index contributed by atoms with van der Waals surface area (Å²) in [5.41, 5.74) is 2.54. The molecule has 0 radical (unpaired) electrons. The van der Waals surface area contributed by atoms with Gasteiger partial charge < -0.3 is 14.9 Å². The Morgan fingerprint density at radius 1 is 0.955 bits per heavy atom. The second-order valence-corrected chi connectivity index (χ2v) is 4.55. The predicted octanol–water partition coefficient (Wildman–Crippen LogP) is 4.96. The molecule has 3 nitrogen and oxygen atoms in total. The van der Waals surface area contributed by atoms with Crippen LogP contribution in [0.1, 0.15) is 31.9 Å². The summed E-state index contributed by atoms with van der Waals surface area (Å²) in [6.07, 6.45) is 3.85. The smallest absolute Gasteiger partial charge is 0.139 e. The highest BCUT2D eigenvalue weighted by atomic mass is 16.5. The Morgan fingerprint density at radius 3 is 2.36 bits per heavy atom. The molecule has 1 aliphatic heterocycles. The fourth-order valence-corrected chi connectivity index (χ4v) is 2.25. The van der Waals surface area contributed by atoms with Crippen LogP contribution in [0.15, 0.2) is 54.6 Å². The van der Waals surface area contributed by atoms with Gasteiger partial charge in [0.1, 0.15) is 23.0 Å². The molecule has 0 unspecified atom stereocenters. The van der Waals surface area contributed by atoms with Crippen molar-refractivity contribution >= 4 is 11.3 Å². The highest BCUT2D eigenvalue weighted by Gasteiger charge is 2.19. The van der Waals surface area contributed by atoms with E-state index in [9.17, 15) is 10.2 Å². The minimum atomic E-state index is 0.151. The van der Waals surface area contributed by atoms with Crippen molar-refractivity contribution in [1.29, 1.82) is 0 Å². The molecule has 0 saturated heterocycles. The fourth-order valence-electron chi connectivity index (χ4n) is 2.25. The van der Waals surface area contributed by atoms with Crippen molar-refractivity contribution in [3.8, 4) is 17.2 Å². The van der Waals surface area contributed by atoms with Gasteiger partial charge in [-0.25, -0.2) is 0 Å². The van der Waals surface area contributed by atoms with Gasteiger partial charge in [-0.05, 0) is 42.8 Å². The van der Waals surface area contributed by atoms with E-state index in [4.69, 9.17) is 4.74 Å². The number of rotatable bonds is 1. The predicted molar refractivity (Wildman–Crippen MR) is 89.8 cm³/mol. The molecule has 0 aromatic heterocycles. The molecule has 0 bridgehead atoms. The number of allylic oxidation sites excluding steroid dienone is 3. The molecule has 1 aliphatic rings. The second-order valence-electron chi connectivity index (χ2n) is 4.55. The van der Waals surface area contributed by atoms with E-state index in [2.05, 4.69) is 0 Å². The Balaban J connectivity index is 0.000000847. The largest absolute Gasteiger partial charge is 0.508 e. The number of para-hydroxylation sites is 1. The lowest BCUT2D eigenvalue weighted by Crippen LogP contribution is -2.03. The highest BCUT2D eigenvalue weighted by Crippen LogP contribution is 2.40. The molecule has 0 saturated carbocycles. The summed E-state index contributed by atoms with van der Waals surface area (Å²) in [6.45, 7) is 5.94. The van der Waals surface area contributed by atoms with Gasteiger partial charge >= 0.3 is 0 Å². The van der Waals surface area contributed by atoms with Crippen molar-refractivity contribution in [3.05, 3.63) is 65.7 Å². The molecule has 1 heterocycles. The summed E-state index contributed by atoms with van der Waals surface area (Å²) in [6, 6.07) is 12.0. The summed E-state index contributed by atoms with van der Waals surface area (Å²) in [7, 11) is 0. The third-order valence-corrected chi connectivity index (χ3v) is 3.26. The zero-order valence-electron chi connectivity index (χ0n) is 13.0. The number of phenolic OH excluding ortho intramolecular Hbond substituents is 2. The lowest BCUT2D eigenvalue weighted by Gasteiger charge is -2.21. The maximum atomic E-state index is 9.93. The van der Waals surface area contributed by atoms with Gasteiger partial charge in [-0.1, -0.05) is 32.1 Å². The molecule has 3 rings (SSSR count). The molecule has 2 N–H and O–H groups in total. The number of benzene rings is 2. The molecule has 0 fully saturated rings. The average molecular weight is 296 g/mol. The van der Waals surface area contributed by atoms with Crippen LogP contribution in [0.5, 0.6) is 17.2 Å². The zero-order valence-corrected chi connectivity index (χ0v) is 13.0. The SMILES string of the molecule is C/C=C1/C=C(c2ccccc2O)Oc2cc(O)ccc21.CC. The van der Waals surface area contributed by atoms with E-state index in [-0.39, 0.29) is 11.5 Å². The highest BCUT2D eigenvalue weighted by molar-refractivity contribution is 5.89.